The van der Waals surface area contributed by atoms with E-state index in [4.69, 9.17) is 4.74 Å². The van der Waals surface area contributed by atoms with Crippen molar-refractivity contribution in [1.29, 1.82) is 0 Å². The molecule has 0 aliphatic heterocycles. The zero-order valence-electron chi connectivity index (χ0n) is 7.74. The van der Waals surface area contributed by atoms with Gasteiger partial charge in [-0.2, -0.15) is 0 Å². The minimum atomic E-state index is -0.254. The summed E-state index contributed by atoms with van der Waals surface area (Å²) in [5.41, 5.74) is 0.611. The van der Waals surface area contributed by atoms with Crippen molar-refractivity contribution in [2.45, 2.75) is 11.8 Å². The molecule has 0 heterocycles. The molecule has 0 aliphatic rings. The molecule has 0 aliphatic carbocycles. The van der Waals surface area contributed by atoms with E-state index < -0.39 is 0 Å². The number of benzene rings is 1. The minimum Gasteiger partial charge on any atom is -0.462 e. The van der Waals surface area contributed by atoms with Crippen LogP contribution in [-0.4, -0.2) is 18.8 Å². The molecule has 0 spiro atoms. The summed E-state index contributed by atoms with van der Waals surface area (Å²) in [6.07, 6.45) is 2.00. The van der Waals surface area contributed by atoms with Crippen molar-refractivity contribution < 1.29 is 9.53 Å². The summed E-state index contributed by atoms with van der Waals surface area (Å²) in [6.45, 7) is 2.22. The van der Waals surface area contributed by atoms with E-state index in [0.29, 0.717) is 12.2 Å². The molecule has 0 saturated carbocycles. The lowest BCUT2D eigenvalue weighted by Crippen LogP contribution is -2.03. The topological polar surface area (TPSA) is 26.3 Å². The molecule has 0 fully saturated rings. The van der Waals surface area contributed by atoms with Crippen molar-refractivity contribution in [2.24, 2.45) is 0 Å². The van der Waals surface area contributed by atoms with Gasteiger partial charge in [0.25, 0.3) is 0 Å². The van der Waals surface area contributed by atoms with E-state index in [1.807, 2.05) is 18.4 Å². The predicted molar refractivity (Wildman–Crippen MR) is 54.2 cm³/mol. The zero-order valence-corrected chi connectivity index (χ0v) is 8.56. The summed E-state index contributed by atoms with van der Waals surface area (Å²) in [5.74, 6) is -0.254. The number of rotatable bonds is 3. The van der Waals surface area contributed by atoms with Crippen LogP contribution in [0.25, 0.3) is 0 Å². The van der Waals surface area contributed by atoms with Crippen LogP contribution in [0.2, 0.25) is 0 Å². The Balaban J connectivity index is 2.74. The number of hydrogen-bond donors (Lipinski definition) is 0. The van der Waals surface area contributed by atoms with E-state index >= 15 is 0 Å². The zero-order chi connectivity index (χ0) is 9.68. The first-order valence-electron chi connectivity index (χ1n) is 4.09. The average Bonchev–Trinajstić information content (AvgIpc) is 2.18. The molecule has 0 atom stereocenters. The monoisotopic (exact) mass is 196 g/mol. The summed E-state index contributed by atoms with van der Waals surface area (Å²) in [5, 5.41) is 0. The van der Waals surface area contributed by atoms with Crippen molar-refractivity contribution in [3.63, 3.8) is 0 Å². The Morgan fingerprint density at radius 1 is 1.38 bits per heavy atom. The predicted octanol–water partition coefficient (Wildman–Crippen LogP) is 2.59. The fraction of sp³-hybridized carbons (Fsp3) is 0.300. The van der Waals surface area contributed by atoms with Crippen LogP contribution in [0.5, 0.6) is 0 Å². The quantitative estimate of drug-likeness (QED) is 0.549. The lowest BCUT2D eigenvalue weighted by molar-refractivity contribution is 0.0526. The van der Waals surface area contributed by atoms with Gasteiger partial charge in [0.15, 0.2) is 0 Å². The Labute approximate surface area is 82.3 Å². The summed E-state index contributed by atoms with van der Waals surface area (Å²) < 4.78 is 4.86. The molecule has 0 amide bonds. The summed E-state index contributed by atoms with van der Waals surface area (Å²) in [7, 11) is 0. The van der Waals surface area contributed by atoms with Crippen molar-refractivity contribution in [3.05, 3.63) is 29.8 Å². The third-order valence-corrected chi connectivity index (χ3v) is 2.34. The Bertz CT molecular complexity index is 279. The van der Waals surface area contributed by atoms with E-state index in [0.717, 1.165) is 4.90 Å². The SMILES string of the molecule is CCOC(=O)c1ccc(SC)cc1. The molecule has 0 N–H and O–H groups in total. The van der Waals surface area contributed by atoms with Gasteiger partial charge >= 0.3 is 5.97 Å². The number of carbonyl (C=O) groups excluding carboxylic acids is 1. The minimum absolute atomic E-state index is 0.254. The van der Waals surface area contributed by atoms with Crippen LogP contribution >= 0.6 is 11.8 Å². The highest BCUT2D eigenvalue weighted by Crippen LogP contribution is 2.15. The largest absolute Gasteiger partial charge is 0.462 e. The van der Waals surface area contributed by atoms with E-state index in [1.165, 1.54) is 0 Å². The van der Waals surface area contributed by atoms with Crippen LogP contribution in [-0.2, 0) is 4.74 Å². The maximum atomic E-state index is 11.2. The van der Waals surface area contributed by atoms with Crippen LogP contribution < -0.4 is 0 Å². The molecule has 0 radical (unpaired) electrons. The van der Waals surface area contributed by atoms with Gasteiger partial charge in [-0.25, -0.2) is 4.79 Å². The first-order valence-corrected chi connectivity index (χ1v) is 5.31. The van der Waals surface area contributed by atoms with Gasteiger partial charge in [0.1, 0.15) is 0 Å². The number of hydrogen-bond acceptors (Lipinski definition) is 3. The number of thioether (sulfide) groups is 1. The van der Waals surface area contributed by atoms with Crippen molar-refractivity contribution in [3.8, 4) is 0 Å². The molecule has 1 aromatic carbocycles. The van der Waals surface area contributed by atoms with E-state index in [-0.39, 0.29) is 5.97 Å². The first-order chi connectivity index (χ1) is 6.27. The number of ether oxygens (including phenoxy) is 1. The normalized spacial score (nSPS) is 9.69. The van der Waals surface area contributed by atoms with E-state index in [1.54, 1.807) is 30.8 Å². The number of carbonyl (C=O) groups is 1. The summed E-state index contributed by atoms with van der Waals surface area (Å²) in [6, 6.07) is 7.39. The second-order valence-electron chi connectivity index (χ2n) is 2.45. The lowest BCUT2D eigenvalue weighted by Gasteiger charge is -2.01. The van der Waals surface area contributed by atoms with Gasteiger partial charge in [0, 0.05) is 4.90 Å². The van der Waals surface area contributed by atoms with Crippen LogP contribution in [0.4, 0.5) is 0 Å². The highest BCUT2D eigenvalue weighted by molar-refractivity contribution is 7.98. The van der Waals surface area contributed by atoms with Crippen LogP contribution in [0, 0.1) is 0 Å². The molecule has 0 aromatic heterocycles. The second-order valence-corrected chi connectivity index (χ2v) is 3.33. The Kier molecular flexibility index (Phi) is 3.83. The van der Waals surface area contributed by atoms with E-state index in [2.05, 4.69) is 0 Å². The molecule has 0 saturated heterocycles. The van der Waals surface area contributed by atoms with Crippen molar-refractivity contribution in [1.82, 2.24) is 0 Å². The third kappa shape index (κ3) is 2.77. The van der Waals surface area contributed by atoms with Gasteiger partial charge in [-0.1, -0.05) is 0 Å². The molecular formula is C10H12O2S. The maximum Gasteiger partial charge on any atom is 0.338 e. The maximum absolute atomic E-state index is 11.2. The highest BCUT2D eigenvalue weighted by Gasteiger charge is 2.04. The third-order valence-electron chi connectivity index (χ3n) is 1.60. The van der Waals surface area contributed by atoms with Crippen molar-refractivity contribution >= 4 is 17.7 Å². The second kappa shape index (κ2) is 4.92. The van der Waals surface area contributed by atoms with Gasteiger partial charge in [0.2, 0.25) is 0 Å². The van der Waals surface area contributed by atoms with Gasteiger partial charge in [0.05, 0.1) is 12.2 Å². The smallest absolute Gasteiger partial charge is 0.338 e. The summed E-state index contributed by atoms with van der Waals surface area (Å²) in [4.78, 5) is 12.4. The van der Waals surface area contributed by atoms with Crippen LogP contribution in [0.15, 0.2) is 29.2 Å². The molecule has 3 heteroatoms. The van der Waals surface area contributed by atoms with Crippen LogP contribution in [0.1, 0.15) is 17.3 Å². The van der Waals surface area contributed by atoms with Gasteiger partial charge in [-0.3, -0.25) is 0 Å². The standard InChI is InChI=1S/C10H12O2S/c1-3-12-10(11)8-4-6-9(13-2)7-5-8/h4-7H,3H2,1-2H3. The van der Waals surface area contributed by atoms with Crippen LogP contribution in [0.3, 0.4) is 0 Å². The fourth-order valence-electron chi connectivity index (χ4n) is 0.942. The number of esters is 1. The van der Waals surface area contributed by atoms with Gasteiger partial charge < -0.3 is 4.74 Å². The molecule has 2 nitrogen and oxygen atoms in total. The molecule has 0 unspecified atom stereocenters. The molecule has 13 heavy (non-hydrogen) atoms. The molecule has 70 valence electrons. The molecular weight excluding hydrogens is 184 g/mol. The average molecular weight is 196 g/mol. The molecule has 0 bridgehead atoms. The Morgan fingerprint density at radius 2 is 2.00 bits per heavy atom. The van der Waals surface area contributed by atoms with Gasteiger partial charge in [-0.05, 0) is 37.4 Å². The lowest BCUT2D eigenvalue weighted by atomic mass is 10.2. The first kappa shape index (κ1) is 10.1. The van der Waals surface area contributed by atoms with E-state index in [9.17, 15) is 4.79 Å². The highest BCUT2D eigenvalue weighted by atomic mass is 32.2. The Morgan fingerprint density at radius 3 is 2.46 bits per heavy atom. The Hall–Kier alpha value is -0.960. The van der Waals surface area contributed by atoms with Gasteiger partial charge in [-0.15, -0.1) is 11.8 Å². The summed E-state index contributed by atoms with van der Waals surface area (Å²) >= 11 is 1.65. The fourth-order valence-corrected chi connectivity index (χ4v) is 1.35. The van der Waals surface area contributed by atoms with Crippen molar-refractivity contribution in [2.75, 3.05) is 12.9 Å². The molecule has 1 rings (SSSR count). The molecule has 1 aromatic rings.